The van der Waals surface area contributed by atoms with E-state index in [0.29, 0.717) is 5.69 Å². The van der Waals surface area contributed by atoms with Crippen LogP contribution in [0.25, 0.3) is 0 Å². The average Bonchev–Trinajstić information content (AvgIpc) is 2.82. The molecule has 1 unspecified atom stereocenters. The van der Waals surface area contributed by atoms with E-state index in [9.17, 15) is 4.39 Å². The highest BCUT2D eigenvalue weighted by Gasteiger charge is 2.12. The summed E-state index contributed by atoms with van der Waals surface area (Å²) < 4.78 is 13.4. The highest BCUT2D eigenvalue weighted by molar-refractivity contribution is 7.07. The second-order valence-electron chi connectivity index (χ2n) is 3.55. The van der Waals surface area contributed by atoms with Crippen LogP contribution in [0.1, 0.15) is 24.2 Å². The molecule has 1 heterocycles. The topological polar surface area (TPSA) is 48.7 Å². The van der Waals surface area contributed by atoms with Crippen LogP contribution in [0.5, 0.6) is 0 Å². The van der Waals surface area contributed by atoms with Crippen molar-refractivity contribution in [2.45, 2.75) is 13.0 Å². The first-order valence-corrected chi connectivity index (χ1v) is 6.00. The monoisotopic (exact) mass is 247 g/mol. The van der Waals surface area contributed by atoms with Crippen LogP contribution in [0, 0.1) is 17.1 Å². The lowest BCUT2D eigenvalue weighted by atomic mass is 10.1. The number of aromatic nitrogens is 1. The van der Waals surface area contributed by atoms with E-state index in [1.807, 2.05) is 18.4 Å². The minimum absolute atomic E-state index is 0.0366. The number of halogens is 1. The van der Waals surface area contributed by atoms with Crippen LogP contribution in [-0.2, 0) is 0 Å². The molecule has 0 aliphatic rings. The van der Waals surface area contributed by atoms with Crippen molar-refractivity contribution in [2.75, 3.05) is 5.32 Å². The van der Waals surface area contributed by atoms with Crippen molar-refractivity contribution < 1.29 is 4.39 Å². The van der Waals surface area contributed by atoms with Gasteiger partial charge in [-0.2, -0.15) is 5.26 Å². The Morgan fingerprint density at radius 3 is 3.00 bits per heavy atom. The van der Waals surface area contributed by atoms with Crippen LogP contribution in [0.15, 0.2) is 29.1 Å². The average molecular weight is 247 g/mol. The molecule has 1 aromatic carbocycles. The Labute approximate surface area is 103 Å². The second-order valence-corrected chi connectivity index (χ2v) is 4.27. The van der Waals surface area contributed by atoms with Gasteiger partial charge in [0.15, 0.2) is 0 Å². The molecule has 0 aliphatic carbocycles. The number of hydrogen-bond donors (Lipinski definition) is 1. The Balaban J connectivity index is 2.25. The molecule has 1 aromatic heterocycles. The van der Waals surface area contributed by atoms with Gasteiger partial charge in [-0.1, -0.05) is 6.07 Å². The summed E-state index contributed by atoms with van der Waals surface area (Å²) in [6.45, 7) is 1.92. The minimum atomic E-state index is -0.511. The van der Waals surface area contributed by atoms with Gasteiger partial charge >= 0.3 is 0 Å². The van der Waals surface area contributed by atoms with E-state index >= 15 is 0 Å². The zero-order valence-corrected chi connectivity index (χ0v) is 9.96. The lowest BCUT2D eigenvalue weighted by Crippen LogP contribution is -2.08. The molecule has 5 heteroatoms. The van der Waals surface area contributed by atoms with Gasteiger partial charge in [-0.3, -0.25) is 0 Å². The molecular formula is C12H10FN3S. The third-order valence-corrected chi connectivity index (χ3v) is 3.00. The highest BCUT2D eigenvalue weighted by atomic mass is 32.1. The SMILES string of the molecule is CC(Nc1cccc(F)c1C#N)c1cscn1. The summed E-state index contributed by atoms with van der Waals surface area (Å²) in [4.78, 5) is 4.17. The van der Waals surface area contributed by atoms with Crippen LogP contribution >= 0.6 is 11.3 Å². The molecule has 2 aromatic rings. The Kier molecular flexibility index (Phi) is 3.35. The number of benzene rings is 1. The van der Waals surface area contributed by atoms with Crippen LogP contribution in [-0.4, -0.2) is 4.98 Å². The zero-order valence-electron chi connectivity index (χ0n) is 9.14. The van der Waals surface area contributed by atoms with E-state index in [1.165, 1.54) is 17.4 Å². The number of thiazole rings is 1. The van der Waals surface area contributed by atoms with E-state index in [4.69, 9.17) is 5.26 Å². The van der Waals surface area contributed by atoms with Crippen molar-refractivity contribution >= 4 is 17.0 Å². The number of nitrogens with one attached hydrogen (secondary N) is 1. The smallest absolute Gasteiger partial charge is 0.143 e. The number of anilines is 1. The number of nitrogens with zero attached hydrogens (tertiary/aromatic N) is 2. The molecule has 0 radical (unpaired) electrons. The highest BCUT2D eigenvalue weighted by Crippen LogP contribution is 2.23. The van der Waals surface area contributed by atoms with Crippen LogP contribution < -0.4 is 5.32 Å². The Morgan fingerprint density at radius 2 is 2.35 bits per heavy atom. The number of rotatable bonds is 3. The normalized spacial score (nSPS) is 11.8. The maximum Gasteiger partial charge on any atom is 0.143 e. The predicted molar refractivity (Wildman–Crippen MR) is 65.3 cm³/mol. The van der Waals surface area contributed by atoms with Gasteiger partial charge < -0.3 is 5.32 Å². The van der Waals surface area contributed by atoms with Crippen molar-refractivity contribution in [3.8, 4) is 6.07 Å². The fraction of sp³-hybridized carbons (Fsp3) is 0.167. The van der Waals surface area contributed by atoms with Crippen molar-refractivity contribution in [3.05, 3.63) is 46.2 Å². The van der Waals surface area contributed by atoms with Crippen LogP contribution in [0.2, 0.25) is 0 Å². The lowest BCUT2D eigenvalue weighted by molar-refractivity contribution is 0.624. The molecule has 0 spiro atoms. The third kappa shape index (κ3) is 2.43. The molecule has 1 N–H and O–H groups in total. The maximum absolute atomic E-state index is 13.4. The van der Waals surface area contributed by atoms with Crippen LogP contribution in [0.4, 0.5) is 10.1 Å². The zero-order chi connectivity index (χ0) is 12.3. The molecule has 86 valence electrons. The van der Waals surface area contributed by atoms with Gasteiger partial charge in [-0.15, -0.1) is 11.3 Å². The molecule has 2 rings (SSSR count). The molecule has 1 atom stereocenters. The Morgan fingerprint density at radius 1 is 1.53 bits per heavy atom. The fourth-order valence-electron chi connectivity index (χ4n) is 1.50. The molecule has 3 nitrogen and oxygen atoms in total. The van der Waals surface area contributed by atoms with Gasteiger partial charge in [0.1, 0.15) is 17.4 Å². The van der Waals surface area contributed by atoms with E-state index in [0.717, 1.165) is 5.69 Å². The first-order valence-electron chi connectivity index (χ1n) is 5.05. The summed E-state index contributed by atoms with van der Waals surface area (Å²) in [5, 5.41) is 13.9. The van der Waals surface area contributed by atoms with Crippen molar-refractivity contribution in [3.63, 3.8) is 0 Å². The molecule has 0 aliphatic heterocycles. The Bertz CT molecular complexity index is 545. The molecule has 0 fully saturated rings. The van der Waals surface area contributed by atoms with Gasteiger partial charge in [-0.25, -0.2) is 9.37 Å². The van der Waals surface area contributed by atoms with Crippen LogP contribution in [0.3, 0.4) is 0 Å². The molecule has 0 bridgehead atoms. The molecular weight excluding hydrogens is 237 g/mol. The Hall–Kier alpha value is -1.93. The van der Waals surface area contributed by atoms with Crippen molar-refractivity contribution in [1.29, 1.82) is 5.26 Å². The predicted octanol–water partition coefficient (Wildman–Crippen LogP) is 3.33. The standard InChI is InChI=1S/C12H10FN3S/c1-8(12-6-17-7-15-12)16-11-4-2-3-10(13)9(11)5-14/h2-4,6-8,16H,1H3. The van der Waals surface area contributed by atoms with Gasteiger partial charge in [0.25, 0.3) is 0 Å². The van der Waals surface area contributed by atoms with Gasteiger partial charge in [-0.05, 0) is 19.1 Å². The lowest BCUT2D eigenvalue weighted by Gasteiger charge is -2.14. The molecule has 0 saturated heterocycles. The molecule has 0 amide bonds. The summed E-state index contributed by atoms with van der Waals surface area (Å²) >= 11 is 1.50. The van der Waals surface area contributed by atoms with E-state index in [1.54, 1.807) is 17.6 Å². The summed E-state index contributed by atoms with van der Waals surface area (Å²) in [6, 6.07) is 6.33. The number of nitriles is 1. The summed E-state index contributed by atoms with van der Waals surface area (Å²) in [5.74, 6) is -0.511. The summed E-state index contributed by atoms with van der Waals surface area (Å²) in [6.07, 6.45) is 0. The van der Waals surface area contributed by atoms with Gasteiger partial charge in [0, 0.05) is 5.38 Å². The summed E-state index contributed by atoms with van der Waals surface area (Å²) in [7, 11) is 0. The largest absolute Gasteiger partial charge is 0.376 e. The summed E-state index contributed by atoms with van der Waals surface area (Å²) in [5.41, 5.74) is 3.15. The van der Waals surface area contributed by atoms with Crippen molar-refractivity contribution in [1.82, 2.24) is 4.98 Å². The first kappa shape index (κ1) is 11.6. The first-order chi connectivity index (χ1) is 8.22. The second kappa shape index (κ2) is 4.93. The molecule has 17 heavy (non-hydrogen) atoms. The van der Waals surface area contributed by atoms with Gasteiger partial charge in [0.05, 0.1) is 22.9 Å². The van der Waals surface area contributed by atoms with Gasteiger partial charge in [0.2, 0.25) is 0 Å². The van der Waals surface area contributed by atoms with Crippen molar-refractivity contribution in [2.24, 2.45) is 0 Å². The molecule has 0 saturated carbocycles. The van der Waals surface area contributed by atoms with E-state index in [2.05, 4.69) is 10.3 Å². The fourth-order valence-corrected chi connectivity index (χ4v) is 2.15. The van der Waals surface area contributed by atoms with E-state index < -0.39 is 5.82 Å². The number of hydrogen-bond acceptors (Lipinski definition) is 4. The maximum atomic E-state index is 13.4. The quantitative estimate of drug-likeness (QED) is 0.905. The minimum Gasteiger partial charge on any atom is -0.376 e. The van der Waals surface area contributed by atoms with E-state index in [-0.39, 0.29) is 11.6 Å². The third-order valence-electron chi connectivity index (χ3n) is 2.39.